The Morgan fingerprint density at radius 2 is 1.75 bits per heavy atom. The summed E-state index contributed by atoms with van der Waals surface area (Å²) in [4.78, 5) is 26.8. The van der Waals surface area contributed by atoms with Crippen LogP contribution in [-0.2, 0) is 11.4 Å². The fourth-order valence-corrected chi connectivity index (χ4v) is 6.62. The molecule has 1 aliphatic heterocycles. The molecule has 0 bridgehead atoms. The minimum Gasteiger partial charge on any atom is -0.487 e. The highest BCUT2D eigenvalue weighted by atomic mass is 127. The molecular weight excluding hydrogens is 648 g/mol. The van der Waals surface area contributed by atoms with Crippen LogP contribution in [0, 0.1) is 7.14 Å². The molecule has 3 aromatic carbocycles. The molecule has 3 aromatic rings. The lowest BCUT2D eigenvalue weighted by Crippen LogP contribution is -2.36. The molecule has 0 N–H and O–H groups in total. The van der Waals surface area contributed by atoms with Gasteiger partial charge in [-0.15, -0.1) is 0 Å². The van der Waals surface area contributed by atoms with Crippen LogP contribution in [0.3, 0.4) is 0 Å². The third-order valence-electron chi connectivity index (χ3n) is 5.43. The smallest absolute Gasteiger partial charge is 0.293 e. The molecule has 0 radical (unpaired) electrons. The zero-order valence-corrected chi connectivity index (χ0v) is 22.7. The van der Waals surface area contributed by atoms with Crippen LogP contribution in [0.15, 0.2) is 59.5 Å². The van der Waals surface area contributed by atoms with Gasteiger partial charge in [0, 0.05) is 6.04 Å². The van der Waals surface area contributed by atoms with E-state index in [0.717, 1.165) is 42.2 Å². The molecule has 2 amide bonds. The maximum Gasteiger partial charge on any atom is 0.293 e. The van der Waals surface area contributed by atoms with Crippen LogP contribution >= 0.6 is 56.9 Å². The minimum atomic E-state index is -0.212. The van der Waals surface area contributed by atoms with E-state index >= 15 is 0 Å². The van der Waals surface area contributed by atoms with Gasteiger partial charge in [0.05, 0.1) is 12.0 Å². The first-order valence-electron chi connectivity index (χ1n) is 10.2. The quantitative estimate of drug-likeness (QED) is 0.202. The minimum absolute atomic E-state index is 0.0986. The predicted molar refractivity (Wildman–Crippen MR) is 148 cm³/mol. The van der Waals surface area contributed by atoms with Crippen molar-refractivity contribution in [3.05, 3.63) is 77.8 Å². The summed E-state index contributed by atoms with van der Waals surface area (Å²) in [7, 11) is 0. The van der Waals surface area contributed by atoms with Crippen molar-refractivity contribution in [2.24, 2.45) is 0 Å². The second kappa shape index (κ2) is 10.1. The largest absolute Gasteiger partial charge is 0.487 e. The molecule has 0 unspecified atom stereocenters. The third kappa shape index (κ3) is 4.84. The van der Waals surface area contributed by atoms with Gasteiger partial charge in [0.15, 0.2) is 0 Å². The first-order valence-corrected chi connectivity index (χ1v) is 13.2. The van der Waals surface area contributed by atoms with Gasteiger partial charge in [-0.3, -0.25) is 14.5 Å². The Bertz CT molecular complexity index is 1210. The molecule has 0 aliphatic carbocycles. The first-order chi connectivity index (χ1) is 15.4. The number of carbonyl (C=O) groups is 2. The summed E-state index contributed by atoms with van der Waals surface area (Å²) in [5.74, 6) is 0.611. The fourth-order valence-electron chi connectivity index (χ4n) is 3.56. The molecule has 4 nitrogen and oxygen atoms in total. The Hall–Kier alpha value is -1.59. The van der Waals surface area contributed by atoms with Gasteiger partial charge in [-0.1, -0.05) is 49.4 Å². The van der Waals surface area contributed by atoms with Gasteiger partial charge in [0.25, 0.3) is 11.1 Å². The molecule has 0 spiro atoms. The van der Waals surface area contributed by atoms with Crippen LogP contribution in [-0.4, -0.2) is 22.1 Å². The van der Waals surface area contributed by atoms with E-state index in [1.807, 2.05) is 44.2 Å². The number of benzene rings is 3. The molecule has 32 heavy (non-hydrogen) atoms. The van der Waals surface area contributed by atoms with Gasteiger partial charge in [0.2, 0.25) is 0 Å². The highest BCUT2D eigenvalue weighted by Gasteiger charge is 2.37. The standard InChI is InChI=1S/C25H21I2NO3S/c1-3-15(2)28-24(29)22(32-25(28)30)13-16-11-20(26)23(21(27)12-16)31-14-18-9-6-8-17-7-4-5-10-19(17)18/h4-13,15H,3,14H2,1-2H3/b22-13+/t15-/m1/s1. The average molecular weight is 669 g/mol. The second-order valence-electron chi connectivity index (χ2n) is 7.55. The Kier molecular flexibility index (Phi) is 7.46. The van der Waals surface area contributed by atoms with E-state index in [9.17, 15) is 9.59 Å². The Labute approximate surface area is 219 Å². The van der Waals surface area contributed by atoms with Crippen molar-refractivity contribution < 1.29 is 14.3 Å². The number of amides is 2. The van der Waals surface area contributed by atoms with E-state index in [0.29, 0.717) is 11.5 Å². The topological polar surface area (TPSA) is 46.6 Å². The number of thioether (sulfide) groups is 1. The van der Waals surface area contributed by atoms with Crippen LogP contribution < -0.4 is 4.74 Å². The van der Waals surface area contributed by atoms with Crippen molar-refractivity contribution in [1.82, 2.24) is 4.90 Å². The van der Waals surface area contributed by atoms with Gasteiger partial charge in [0.1, 0.15) is 12.4 Å². The summed E-state index contributed by atoms with van der Waals surface area (Å²) < 4.78 is 8.14. The maximum absolute atomic E-state index is 12.7. The first kappa shape index (κ1) is 23.6. The van der Waals surface area contributed by atoms with Crippen molar-refractivity contribution in [2.75, 3.05) is 0 Å². The van der Waals surface area contributed by atoms with Gasteiger partial charge in [-0.2, -0.15) is 0 Å². The zero-order valence-electron chi connectivity index (χ0n) is 17.6. The number of nitrogens with zero attached hydrogens (tertiary/aromatic N) is 1. The molecule has 1 saturated heterocycles. The summed E-state index contributed by atoms with van der Waals surface area (Å²) in [5.41, 5.74) is 2.02. The van der Waals surface area contributed by atoms with E-state index in [-0.39, 0.29) is 17.2 Å². The summed E-state index contributed by atoms with van der Waals surface area (Å²) in [6.45, 7) is 4.34. The second-order valence-corrected chi connectivity index (χ2v) is 10.9. The van der Waals surface area contributed by atoms with E-state index in [4.69, 9.17) is 4.74 Å². The highest BCUT2D eigenvalue weighted by molar-refractivity contribution is 14.1. The molecule has 0 aromatic heterocycles. The van der Waals surface area contributed by atoms with E-state index in [1.165, 1.54) is 15.7 Å². The Morgan fingerprint density at radius 3 is 2.47 bits per heavy atom. The van der Waals surface area contributed by atoms with Crippen molar-refractivity contribution in [3.63, 3.8) is 0 Å². The summed E-state index contributed by atoms with van der Waals surface area (Å²) in [5, 5.41) is 2.18. The normalized spacial score (nSPS) is 16.2. The number of hydrogen-bond acceptors (Lipinski definition) is 4. The molecular formula is C25H21I2NO3S. The van der Waals surface area contributed by atoms with Crippen molar-refractivity contribution >= 4 is 84.9 Å². The van der Waals surface area contributed by atoms with E-state index in [1.54, 1.807) is 6.08 Å². The summed E-state index contributed by atoms with van der Waals surface area (Å²) >= 11 is 5.53. The molecule has 7 heteroatoms. The van der Waals surface area contributed by atoms with E-state index in [2.05, 4.69) is 69.4 Å². The van der Waals surface area contributed by atoms with Crippen LogP contribution in [0.4, 0.5) is 4.79 Å². The van der Waals surface area contributed by atoms with Crippen molar-refractivity contribution in [3.8, 4) is 5.75 Å². The Morgan fingerprint density at radius 1 is 1.06 bits per heavy atom. The molecule has 1 aliphatic rings. The van der Waals surface area contributed by atoms with Crippen LogP contribution in [0.2, 0.25) is 0 Å². The number of fused-ring (bicyclic) bond motifs is 1. The Balaban J connectivity index is 1.56. The van der Waals surface area contributed by atoms with E-state index < -0.39 is 0 Å². The monoisotopic (exact) mass is 669 g/mol. The predicted octanol–water partition coefficient (Wildman–Crippen LogP) is 7.46. The number of carbonyl (C=O) groups excluding carboxylic acids is 2. The number of imide groups is 1. The summed E-state index contributed by atoms with van der Waals surface area (Å²) in [6.07, 6.45) is 2.54. The number of rotatable bonds is 6. The molecule has 0 saturated carbocycles. The van der Waals surface area contributed by atoms with Crippen LogP contribution in [0.25, 0.3) is 16.8 Å². The van der Waals surface area contributed by atoms with Crippen LogP contribution in [0.1, 0.15) is 31.4 Å². The van der Waals surface area contributed by atoms with Gasteiger partial charge in [-0.25, -0.2) is 0 Å². The third-order valence-corrected chi connectivity index (χ3v) is 7.91. The number of ether oxygens (including phenoxy) is 1. The molecule has 164 valence electrons. The van der Waals surface area contributed by atoms with Gasteiger partial charge < -0.3 is 4.74 Å². The van der Waals surface area contributed by atoms with Crippen LogP contribution in [0.5, 0.6) is 5.75 Å². The lowest BCUT2D eigenvalue weighted by Gasteiger charge is -2.19. The lowest BCUT2D eigenvalue weighted by molar-refractivity contribution is -0.124. The average Bonchev–Trinajstić information content (AvgIpc) is 3.05. The molecule has 4 rings (SSSR count). The van der Waals surface area contributed by atoms with Crippen molar-refractivity contribution in [2.45, 2.75) is 32.9 Å². The summed E-state index contributed by atoms with van der Waals surface area (Å²) in [6, 6.07) is 18.4. The van der Waals surface area contributed by atoms with Gasteiger partial charge >= 0.3 is 0 Å². The van der Waals surface area contributed by atoms with Gasteiger partial charge in [-0.05, 0) is 110 Å². The number of halogens is 2. The van der Waals surface area contributed by atoms with Crippen molar-refractivity contribution in [1.29, 1.82) is 0 Å². The lowest BCUT2D eigenvalue weighted by atomic mass is 10.1. The number of hydrogen-bond donors (Lipinski definition) is 0. The molecule has 1 fully saturated rings. The fraction of sp³-hybridized carbons (Fsp3) is 0.200. The SMILES string of the molecule is CC[C@@H](C)N1C(=O)S/C(=C/c2cc(I)c(OCc3cccc4ccccc34)c(I)c2)C1=O. The molecule has 1 heterocycles. The molecule has 1 atom stereocenters. The maximum atomic E-state index is 12.7. The zero-order chi connectivity index (χ0) is 22.8. The highest BCUT2D eigenvalue weighted by Crippen LogP contribution is 2.36.